The van der Waals surface area contributed by atoms with Gasteiger partial charge < -0.3 is 5.32 Å². The topological polar surface area (TPSA) is 84.0 Å². The summed E-state index contributed by atoms with van der Waals surface area (Å²) in [4.78, 5) is 33.4. The summed E-state index contributed by atoms with van der Waals surface area (Å²) in [5, 5.41) is 8.27. The van der Waals surface area contributed by atoms with Crippen LogP contribution in [0, 0.1) is 6.92 Å². The van der Waals surface area contributed by atoms with Crippen molar-refractivity contribution in [2.45, 2.75) is 13.3 Å². The number of benzene rings is 1. The molecule has 8 heteroatoms. The van der Waals surface area contributed by atoms with Crippen molar-refractivity contribution in [3.63, 3.8) is 0 Å². The highest BCUT2D eigenvalue weighted by molar-refractivity contribution is 7.15. The minimum absolute atomic E-state index is 0.135. The zero-order valence-corrected chi connectivity index (χ0v) is 14.4. The Morgan fingerprint density at radius 2 is 1.92 bits per heavy atom. The maximum absolute atomic E-state index is 12.1. The number of carbonyl (C=O) groups is 2. The summed E-state index contributed by atoms with van der Waals surface area (Å²) in [6, 6.07) is 8.90. The Hall–Kier alpha value is -2.58. The zero-order valence-electron chi connectivity index (χ0n) is 12.8. The van der Waals surface area contributed by atoms with Crippen LogP contribution in [0.25, 0.3) is 0 Å². The van der Waals surface area contributed by atoms with Gasteiger partial charge in [-0.05, 0) is 19.1 Å². The second-order valence-electron chi connectivity index (χ2n) is 4.97. The highest BCUT2D eigenvalue weighted by Gasteiger charge is 2.12. The molecule has 0 radical (unpaired) electrons. The lowest BCUT2D eigenvalue weighted by molar-refractivity contribution is -0.115. The molecule has 0 aliphatic carbocycles. The van der Waals surface area contributed by atoms with Gasteiger partial charge in [0.05, 0.1) is 12.1 Å². The first-order chi connectivity index (χ1) is 11.6. The Labute approximate surface area is 146 Å². The fourth-order valence-corrected chi connectivity index (χ4v) is 3.33. The summed E-state index contributed by atoms with van der Waals surface area (Å²) >= 11 is 2.71. The molecule has 122 valence electrons. The number of amides is 2. The predicted octanol–water partition coefficient (Wildman–Crippen LogP) is 3.34. The van der Waals surface area contributed by atoms with Crippen LogP contribution >= 0.6 is 22.7 Å². The second-order valence-corrected chi connectivity index (χ2v) is 7.06. The molecule has 2 heterocycles. The number of rotatable bonds is 5. The standard InChI is InChI=1S/C16H14N4O2S2/c1-10-8-17-15(24-10)19-13(21)7-12-9-23-16(18-12)20-14(22)11-5-3-2-4-6-11/h2-6,8-9H,7H2,1H3,(H,17,19,21)(H,18,20,22). The largest absolute Gasteiger partial charge is 0.302 e. The van der Waals surface area contributed by atoms with Crippen LogP contribution in [0.3, 0.4) is 0 Å². The van der Waals surface area contributed by atoms with Gasteiger partial charge in [0.15, 0.2) is 10.3 Å². The molecule has 0 bridgehead atoms. The van der Waals surface area contributed by atoms with E-state index in [4.69, 9.17) is 0 Å². The monoisotopic (exact) mass is 358 g/mol. The molecule has 0 aliphatic rings. The van der Waals surface area contributed by atoms with E-state index < -0.39 is 0 Å². The van der Waals surface area contributed by atoms with E-state index in [9.17, 15) is 9.59 Å². The van der Waals surface area contributed by atoms with Gasteiger partial charge >= 0.3 is 0 Å². The van der Waals surface area contributed by atoms with Crippen molar-refractivity contribution in [3.8, 4) is 0 Å². The van der Waals surface area contributed by atoms with Crippen molar-refractivity contribution >= 4 is 44.8 Å². The Balaban J connectivity index is 1.57. The molecule has 0 saturated heterocycles. The van der Waals surface area contributed by atoms with Gasteiger partial charge in [0.1, 0.15) is 0 Å². The first-order valence-corrected chi connectivity index (χ1v) is 8.83. The Kier molecular flexibility index (Phi) is 4.97. The second kappa shape index (κ2) is 7.33. The third-order valence-corrected chi connectivity index (χ3v) is 4.65. The molecular weight excluding hydrogens is 344 g/mol. The van der Waals surface area contributed by atoms with Gasteiger partial charge in [-0.2, -0.15) is 0 Å². The van der Waals surface area contributed by atoms with Crippen molar-refractivity contribution < 1.29 is 9.59 Å². The van der Waals surface area contributed by atoms with E-state index in [2.05, 4.69) is 20.6 Å². The maximum atomic E-state index is 12.1. The third-order valence-electron chi connectivity index (χ3n) is 3.02. The van der Waals surface area contributed by atoms with Crippen LogP contribution in [0.5, 0.6) is 0 Å². The van der Waals surface area contributed by atoms with Crippen LogP contribution < -0.4 is 10.6 Å². The number of anilines is 2. The summed E-state index contributed by atoms with van der Waals surface area (Å²) in [5.74, 6) is -0.408. The van der Waals surface area contributed by atoms with Gasteiger partial charge in [0, 0.05) is 22.0 Å². The Morgan fingerprint density at radius 1 is 1.12 bits per heavy atom. The van der Waals surface area contributed by atoms with Crippen molar-refractivity contribution in [1.82, 2.24) is 9.97 Å². The summed E-state index contributed by atoms with van der Waals surface area (Å²) in [6.07, 6.45) is 1.84. The molecule has 0 unspecified atom stereocenters. The molecule has 0 aliphatic heterocycles. The number of aromatic nitrogens is 2. The molecule has 2 N–H and O–H groups in total. The van der Waals surface area contributed by atoms with Gasteiger partial charge in [0.2, 0.25) is 5.91 Å². The highest BCUT2D eigenvalue weighted by atomic mass is 32.1. The van der Waals surface area contributed by atoms with Crippen LogP contribution in [0.1, 0.15) is 20.9 Å². The molecule has 0 atom stereocenters. The minimum atomic E-state index is -0.223. The lowest BCUT2D eigenvalue weighted by Gasteiger charge is -2.01. The van der Waals surface area contributed by atoms with Crippen LogP contribution in [0.15, 0.2) is 41.9 Å². The van der Waals surface area contributed by atoms with Crippen molar-refractivity contribution in [2.24, 2.45) is 0 Å². The van der Waals surface area contributed by atoms with E-state index in [0.717, 1.165) is 4.88 Å². The first kappa shape index (κ1) is 16.3. The zero-order chi connectivity index (χ0) is 16.9. The molecule has 0 spiro atoms. The molecule has 0 saturated carbocycles. The molecule has 0 fully saturated rings. The first-order valence-electron chi connectivity index (χ1n) is 7.13. The van der Waals surface area contributed by atoms with Crippen LogP contribution in [-0.2, 0) is 11.2 Å². The molecule has 2 aromatic heterocycles. The lowest BCUT2D eigenvalue weighted by atomic mass is 10.2. The molecule has 24 heavy (non-hydrogen) atoms. The number of nitrogens with one attached hydrogen (secondary N) is 2. The molecule has 6 nitrogen and oxygen atoms in total. The molecular formula is C16H14N4O2S2. The average molecular weight is 358 g/mol. The fourth-order valence-electron chi connectivity index (χ4n) is 1.94. The summed E-state index contributed by atoms with van der Waals surface area (Å²) in [5.41, 5.74) is 1.17. The van der Waals surface area contributed by atoms with E-state index in [0.29, 0.717) is 21.5 Å². The van der Waals surface area contributed by atoms with Gasteiger partial charge in [-0.15, -0.1) is 22.7 Å². The summed E-state index contributed by atoms with van der Waals surface area (Å²) in [6.45, 7) is 1.93. The molecule has 3 aromatic rings. The number of thiazole rings is 2. The summed E-state index contributed by atoms with van der Waals surface area (Å²) < 4.78 is 0. The predicted molar refractivity (Wildman–Crippen MR) is 95.7 cm³/mol. The van der Waals surface area contributed by atoms with Crippen molar-refractivity contribution in [3.05, 3.63) is 58.0 Å². The fraction of sp³-hybridized carbons (Fsp3) is 0.125. The smallest absolute Gasteiger partial charge is 0.257 e. The normalized spacial score (nSPS) is 10.4. The number of aryl methyl sites for hydroxylation is 1. The van der Waals surface area contributed by atoms with Gasteiger partial charge in [-0.1, -0.05) is 18.2 Å². The Morgan fingerprint density at radius 3 is 2.62 bits per heavy atom. The van der Waals surface area contributed by atoms with Gasteiger partial charge in [0.25, 0.3) is 5.91 Å². The lowest BCUT2D eigenvalue weighted by Crippen LogP contribution is -2.15. The number of hydrogen-bond donors (Lipinski definition) is 2. The maximum Gasteiger partial charge on any atom is 0.257 e. The molecule has 3 rings (SSSR count). The van der Waals surface area contributed by atoms with E-state index in [1.807, 2.05) is 13.0 Å². The van der Waals surface area contributed by atoms with Crippen molar-refractivity contribution in [2.75, 3.05) is 10.6 Å². The van der Waals surface area contributed by atoms with Gasteiger partial charge in [-0.3, -0.25) is 14.9 Å². The minimum Gasteiger partial charge on any atom is -0.302 e. The highest BCUT2D eigenvalue weighted by Crippen LogP contribution is 2.19. The molecule has 1 aromatic carbocycles. The van der Waals surface area contributed by atoms with Crippen LogP contribution in [0.2, 0.25) is 0 Å². The number of nitrogens with zero attached hydrogens (tertiary/aromatic N) is 2. The third kappa shape index (κ3) is 4.24. The summed E-state index contributed by atoms with van der Waals surface area (Å²) in [7, 11) is 0. The van der Waals surface area contributed by atoms with Crippen molar-refractivity contribution in [1.29, 1.82) is 0 Å². The van der Waals surface area contributed by atoms with Crippen LogP contribution in [0.4, 0.5) is 10.3 Å². The van der Waals surface area contributed by atoms with Crippen LogP contribution in [-0.4, -0.2) is 21.8 Å². The molecule has 2 amide bonds. The SMILES string of the molecule is Cc1cnc(NC(=O)Cc2csc(NC(=O)c3ccccc3)n2)s1. The van der Waals surface area contributed by atoms with E-state index in [-0.39, 0.29) is 18.2 Å². The Bertz CT molecular complexity index is 858. The van der Waals surface area contributed by atoms with Gasteiger partial charge in [-0.25, -0.2) is 9.97 Å². The number of carbonyl (C=O) groups excluding carboxylic acids is 2. The quantitative estimate of drug-likeness (QED) is 0.733. The van der Waals surface area contributed by atoms with E-state index in [1.54, 1.807) is 35.8 Å². The van der Waals surface area contributed by atoms with E-state index in [1.165, 1.54) is 22.7 Å². The average Bonchev–Trinajstić information content (AvgIpc) is 3.17. The van der Waals surface area contributed by atoms with E-state index >= 15 is 0 Å². The number of hydrogen-bond acceptors (Lipinski definition) is 6.